The van der Waals surface area contributed by atoms with Gasteiger partial charge in [-0.15, -0.1) is 11.6 Å². The number of fused-ring (bicyclic) bond motifs is 3. The molecule has 3 atom stereocenters. The molecule has 106 valence electrons. The van der Waals surface area contributed by atoms with Gasteiger partial charge in [-0.2, -0.15) is 0 Å². The summed E-state index contributed by atoms with van der Waals surface area (Å²) in [7, 11) is 0. The Hall–Kier alpha value is -0.730. The normalized spacial score (nSPS) is 28.6. The smallest absolute Gasteiger partial charge is 0.124 e. The quantitative estimate of drug-likeness (QED) is 0.740. The van der Waals surface area contributed by atoms with Crippen LogP contribution in [-0.4, -0.2) is 9.55 Å². The van der Waals surface area contributed by atoms with Crippen molar-refractivity contribution in [1.82, 2.24) is 9.55 Å². The fraction of sp³-hybridized carbons (Fsp3) is 0.562. The summed E-state index contributed by atoms with van der Waals surface area (Å²) in [5, 5.41) is 0.739. The zero-order valence-corrected chi connectivity index (χ0v) is 12.9. The van der Waals surface area contributed by atoms with E-state index in [0.717, 1.165) is 40.7 Å². The monoisotopic (exact) mass is 308 g/mol. The number of hydrogen-bond donors (Lipinski definition) is 0. The lowest BCUT2D eigenvalue weighted by atomic mass is 9.89. The minimum atomic E-state index is 0.465. The average molecular weight is 309 g/mol. The zero-order chi connectivity index (χ0) is 13.7. The average Bonchev–Trinajstić information content (AvgIpc) is 3.12. The Morgan fingerprint density at radius 3 is 2.85 bits per heavy atom. The summed E-state index contributed by atoms with van der Waals surface area (Å²) >= 11 is 12.2. The topological polar surface area (TPSA) is 17.8 Å². The van der Waals surface area contributed by atoms with Gasteiger partial charge in [-0.05, 0) is 55.2 Å². The molecule has 4 heteroatoms. The zero-order valence-electron chi connectivity index (χ0n) is 11.4. The molecule has 2 aliphatic rings. The van der Waals surface area contributed by atoms with Gasteiger partial charge in [0.2, 0.25) is 0 Å². The van der Waals surface area contributed by atoms with Crippen molar-refractivity contribution in [2.24, 2.45) is 17.8 Å². The largest absolute Gasteiger partial charge is 0.327 e. The minimum absolute atomic E-state index is 0.465. The first-order valence-corrected chi connectivity index (χ1v) is 8.36. The van der Waals surface area contributed by atoms with E-state index in [-0.39, 0.29) is 0 Å². The molecule has 0 aliphatic heterocycles. The van der Waals surface area contributed by atoms with Gasteiger partial charge in [-0.1, -0.05) is 18.0 Å². The van der Waals surface area contributed by atoms with Crippen molar-refractivity contribution < 1.29 is 0 Å². The van der Waals surface area contributed by atoms with E-state index in [0.29, 0.717) is 5.88 Å². The Morgan fingerprint density at radius 2 is 2.15 bits per heavy atom. The molecule has 0 N–H and O–H groups in total. The highest BCUT2D eigenvalue weighted by molar-refractivity contribution is 6.31. The molecule has 0 saturated heterocycles. The van der Waals surface area contributed by atoms with E-state index >= 15 is 0 Å². The molecule has 2 aromatic rings. The van der Waals surface area contributed by atoms with Gasteiger partial charge < -0.3 is 4.57 Å². The number of aromatic nitrogens is 2. The molecule has 20 heavy (non-hydrogen) atoms. The first kappa shape index (κ1) is 13.0. The summed E-state index contributed by atoms with van der Waals surface area (Å²) in [5.41, 5.74) is 2.14. The van der Waals surface area contributed by atoms with Gasteiger partial charge >= 0.3 is 0 Å². The van der Waals surface area contributed by atoms with Crippen molar-refractivity contribution in [3.05, 3.63) is 29.0 Å². The molecule has 0 spiro atoms. The number of alkyl halides is 1. The minimum Gasteiger partial charge on any atom is -0.327 e. The van der Waals surface area contributed by atoms with Crippen molar-refractivity contribution >= 4 is 34.2 Å². The van der Waals surface area contributed by atoms with Crippen LogP contribution in [0.3, 0.4) is 0 Å². The van der Waals surface area contributed by atoms with Crippen molar-refractivity contribution in [2.45, 2.75) is 38.1 Å². The summed E-state index contributed by atoms with van der Waals surface area (Å²) in [6, 6.07) is 5.96. The molecule has 3 unspecified atom stereocenters. The summed E-state index contributed by atoms with van der Waals surface area (Å²) in [4.78, 5) is 4.64. The lowest BCUT2D eigenvalue weighted by Crippen LogP contribution is -2.18. The van der Waals surface area contributed by atoms with E-state index in [1.54, 1.807) is 0 Å². The molecule has 2 saturated carbocycles. The lowest BCUT2D eigenvalue weighted by Gasteiger charge is -2.23. The SMILES string of the molecule is ClCc1nc2cc(Cl)ccc2n1CC1CC2CCC1C2. The van der Waals surface area contributed by atoms with Gasteiger partial charge in [-0.3, -0.25) is 0 Å². The Morgan fingerprint density at radius 1 is 1.25 bits per heavy atom. The van der Waals surface area contributed by atoms with Crippen LogP contribution in [0.4, 0.5) is 0 Å². The molecule has 1 aromatic heterocycles. The van der Waals surface area contributed by atoms with Crippen LogP contribution in [0.25, 0.3) is 11.0 Å². The molecule has 2 bridgehead atoms. The number of halogens is 2. The van der Waals surface area contributed by atoms with Crippen molar-refractivity contribution in [1.29, 1.82) is 0 Å². The third-order valence-corrected chi connectivity index (χ3v) is 5.68. The third kappa shape index (κ3) is 2.05. The molecule has 4 rings (SSSR count). The van der Waals surface area contributed by atoms with Gasteiger partial charge in [0.05, 0.1) is 16.9 Å². The molecule has 0 amide bonds. The molecular weight excluding hydrogens is 291 g/mol. The summed E-state index contributed by atoms with van der Waals surface area (Å²) in [5.74, 6) is 4.16. The van der Waals surface area contributed by atoms with E-state index in [2.05, 4.69) is 15.6 Å². The Labute approximate surface area is 129 Å². The molecule has 2 aliphatic carbocycles. The number of nitrogens with zero attached hydrogens (tertiary/aromatic N) is 2. The Balaban J connectivity index is 1.71. The van der Waals surface area contributed by atoms with Crippen LogP contribution < -0.4 is 0 Å². The highest BCUT2D eigenvalue weighted by atomic mass is 35.5. The van der Waals surface area contributed by atoms with Gasteiger partial charge in [0.1, 0.15) is 5.82 Å². The van der Waals surface area contributed by atoms with E-state index in [4.69, 9.17) is 23.2 Å². The standard InChI is InChI=1S/C16H18Cl2N2/c17-8-16-19-14-7-13(18)3-4-15(14)20(16)9-12-6-10-1-2-11(12)5-10/h3-4,7,10-12H,1-2,5-6,8-9H2. The maximum atomic E-state index is 6.09. The van der Waals surface area contributed by atoms with Crippen molar-refractivity contribution in [3.63, 3.8) is 0 Å². The van der Waals surface area contributed by atoms with Crippen LogP contribution in [0, 0.1) is 17.8 Å². The second-order valence-electron chi connectivity index (χ2n) is 6.34. The van der Waals surface area contributed by atoms with Gasteiger partial charge in [-0.25, -0.2) is 4.98 Å². The molecular formula is C16H18Cl2N2. The third-order valence-electron chi connectivity index (χ3n) is 5.21. The molecule has 2 nitrogen and oxygen atoms in total. The predicted octanol–water partition coefficient (Wildman–Crippen LogP) is 4.86. The van der Waals surface area contributed by atoms with E-state index in [1.807, 2.05) is 12.1 Å². The number of imidazole rings is 1. The van der Waals surface area contributed by atoms with Crippen LogP contribution in [0.1, 0.15) is 31.5 Å². The summed E-state index contributed by atoms with van der Waals surface area (Å²) < 4.78 is 2.32. The van der Waals surface area contributed by atoms with Crippen LogP contribution in [0.2, 0.25) is 5.02 Å². The van der Waals surface area contributed by atoms with Gasteiger partial charge in [0.15, 0.2) is 0 Å². The van der Waals surface area contributed by atoms with Crippen LogP contribution in [-0.2, 0) is 12.4 Å². The number of hydrogen-bond acceptors (Lipinski definition) is 1. The number of rotatable bonds is 3. The van der Waals surface area contributed by atoms with E-state index in [1.165, 1.54) is 31.2 Å². The first-order valence-electron chi connectivity index (χ1n) is 7.45. The fourth-order valence-corrected chi connectivity index (χ4v) is 4.66. The van der Waals surface area contributed by atoms with Crippen LogP contribution >= 0.6 is 23.2 Å². The van der Waals surface area contributed by atoms with Gasteiger partial charge in [0, 0.05) is 11.6 Å². The maximum absolute atomic E-state index is 6.09. The van der Waals surface area contributed by atoms with Crippen LogP contribution in [0.5, 0.6) is 0 Å². The summed E-state index contributed by atoms with van der Waals surface area (Å²) in [6.07, 6.45) is 5.70. The molecule has 1 heterocycles. The Kier molecular flexibility index (Phi) is 3.19. The second kappa shape index (κ2) is 4.92. The second-order valence-corrected chi connectivity index (χ2v) is 7.04. The highest BCUT2D eigenvalue weighted by Gasteiger charge is 2.39. The summed E-state index contributed by atoms with van der Waals surface area (Å²) in [6.45, 7) is 1.07. The fourth-order valence-electron chi connectivity index (χ4n) is 4.29. The molecule has 1 aromatic carbocycles. The van der Waals surface area contributed by atoms with Crippen molar-refractivity contribution in [3.8, 4) is 0 Å². The predicted molar refractivity (Wildman–Crippen MR) is 83.2 cm³/mol. The van der Waals surface area contributed by atoms with Gasteiger partial charge in [0.25, 0.3) is 0 Å². The lowest BCUT2D eigenvalue weighted by molar-refractivity contribution is 0.296. The Bertz CT molecular complexity index is 649. The highest BCUT2D eigenvalue weighted by Crippen LogP contribution is 2.49. The van der Waals surface area contributed by atoms with E-state index in [9.17, 15) is 0 Å². The first-order chi connectivity index (χ1) is 9.74. The van der Waals surface area contributed by atoms with Crippen LogP contribution in [0.15, 0.2) is 18.2 Å². The van der Waals surface area contributed by atoms with E-state index < -0.39 is 0 Å². The molecule has 0 radical (unpaired) electrons. The maximum Gasteiger partial charge on any atom is 0.124 e. The molecule has 2 fully saturated rings. The number of benzene rings is 1. The van der Waals surface area contributed by atoms with Crippen molar-refractivity contribution in [2.75, 3.05) is 0 Å².